The van der Waals surface area contributed by atoms with E-state index in [1.165, 1.54) is 6.07 Å². The van der Waals surface area contributed by atoms with E-state index in [1.807, 2.05) is 0 Å². The minimum absolute atomic E-state index is 0.0272. The number of fused-ring (bicyclic) bond motifs is 1. The molecular formula is C22H27NO6. The molecule has 1 aliphatic heterocycles. The van der Waals surface area contributed by atoms with Gasteiger partial charge in [-0.15, -0.1) is 0 Å². The predicted octanol–water partition coefficient (Wildman–Crippen LogP) is 2.78. The Labute approximate surface area is 170 Å². The highest BCUT2D eigenvalue weighted by Crippen LogP contribution is 2.38. The molecule has 2 aliphatic rings. The van der Waals surface area contributed by atoms with Crippen molar-refractivity contribution in [3.63, 3.8) is 0 Å². The Hall–Kier alpha value is -2.83. The fourth-order valence-corrected chi connectivity index (χ4v) is 3.81. The van der Waals surface area contributed by atoms with Gasteiger partial charge >= 0.3 is 11.9 Å². The number of carbonyl (C=O) groups is 2. The van der Waals surface area contributed by atoms with Crippen LogP contribution in [0.25, 0.3) is 0 Å². The average molecular weight is 401 g/mol. The molecule has 1 unspecified atom stereocenters. The minimum Gasteiger partial charge on any atom is -0.465 e. The van der Waals surface area contributed by atoms with Gasteiger partial charge in [0.2, 0.25) is 11.3 Å². The molecule has 1 aromatic rings. The lowest BCUT2D eigenvalue weighted by molar-refractivity contribution is -0.148. The van der Waals surface area contributed by atoms with E-state index in [1.54, 1.807) is 32.0 Å². The molecule has 29 heavy (non-hydrogen) atoms. The van der Waals surface area contributed by atoms with E-state index in [9.17, 15) is 14.4 Å². The van der Waals surface area contributed by atoms with Crippen LogP contribution in [0.2, 0.25) is 0 Å². The zero-order valence-electron chi connectivity index (χ0n) is 16.9. The molecule has 0 radical (unpaired) electrons. The maximum atomic E-state index is 12.9. The summed E-state index contributed by atoms with van der Waals surface area (Å²) >= 11 is 0. The Kier molecular flexibility index (Phi) is 6.90. The highest BCUT2D eigenvalue weighted by molar-refractivity contribution is 6.00. The molecule has 1 aromatic carbocycles. The highest BCUT2D eigenvalue weighted by atomic mass is 16.5. The molecule has 1 N–H and O–H groups in total. The monoisotopic (exact) mass is 401 g/mol. The SMILES string of the molecule is CCOC(=O)C1=C(NC2CCCCC2)Oc2c(ccccc2=O)C1C(=O)OCC. The first-order valence-electron chi connectivity index (χ1n) is 10.2. The molecular weight excluding hydrogens is 374 g/mol. The molecule has 0 bridgehead atoms. The Bertz CT molecular complexity index is 856. The topological polar surface area (TPSA) is 90.9 Å². The molecule has 0 spiro atoms. The summed E-state index contributed by atoms with van der Waals surface area (Å²) in [6.45, 7) is 3.68. The first kappa shape index (κ1) is 20.9. The molecule has 0 amide bonds. The van der Waals surface area contributed by atoms with Crippen LogP contribution in [0.3, 0.4) is 0 Å². The van der Waals surface area contributed by atoms with Gasteiger partial charge in [0.25, 0.3) is 0 Å². The first-order chi connectivity index (χ1) is 14.1. The van der Waals surface area contributed by atoms with Crippen molar-refractivity contribution >= 4 is 11.9 Å². The Morgan fingerprint density at radius 1 is 1.07 bits per heavy atom. The van der Waals surface area contributed by atoms with E-state index in [2.05, 4.69) is 5.32 Å². The van der Waals surface area contributed by atoms with Crippen molar-refractivity contribution in [2.24, 2.45) is 0 Å². The maximum absolute atomic E-state index is 12.9. The van der Waals surface area contributed by atoms with Crippen LogP contribution < -0.4 is 15.5 Å². The number of rotatable bonds is 6. The highest BCUT2D eigenvalue weighted by Gasteiger charge is 2.42. The van der Waals surface area contributed by atoms with E-state index < -0.39 is 17.9 Å². The zero-order chi connectivity index (χ0) is 20.8. The lowest BCUT2D eigenvalue weighted by Gasteiger charge is -2.31. The standard InChI is InChI=1S/C22H27NO6/c1-3-27-21(25)17-15-12-8-9-13-16(24)19(15)29-20(18(17)22(26)28-4-2)23-14-10-6-5-7-11-14/h8-9,12-14,17,23H,3-7,10-11H2,1-2H3. The van der Waals surface area contributed by atoms with Gasteiger partial charge < -0.3 is 19.5 Å². The molecule has 1 fully saturated rings. The normalized spacial score (nSPS) is 19.0. The van der Waals surface area contributed by atoms with Gasteiger partial charge in [0.15, 0.2) is 5.75 Å². The van der Waals surface area contributed by atoms with E-state index in [4.69, 9.17) is 14.2 Å². The van der Waals surface area contributed by atoms with Crippen molar-refractivity contribution in [1.29, 1.82) is 0 Å². The number of nitrogens with one attached hydrogen (secondary N) is 1. The lowest BCUT2D eigenvalue weighted by Crippen LogP contribution is -2.39. The molecule has 1 heterocycles. The van der Waals surface area contributed by atoms with Crippen LogP contribution in [0.4, 0.5) is 0 Å². The third-order valence-electron chi connectivity index (χ3n) is 5.13. The molecule has 156 valence electrons. The summed E-state index contributed by atoms with van der Waals surface area (Å²) in [6.07, 6.45) is 5.15. The predicted molar refractivity (Wildman–Crippen MR) is 106 cm³/mol. The fourth-order valence-electron chi connectivity index (χ4n) is 3.81. The van der Waals surface area contributed by atoms with Crippen molar-refractivity contribution in [3.05, 3.63) is 51.5 Å². The Morgan fingerprint density at radius 2 is 1.76 bits per heavy atom. The smallest absolute Gasteiger partial charge is 0.340 e. The molecule has 1 atom stereocenters. The number of esters is 2. The third kappa shape index (κ3) is 4.60. The molecule has 3 rings (SSSR count). The minimum atomic E-state index is -1.09. The second kappa shape index (κ2) is 9.58. The summed E-state index contributed by atoms with van der Waals surface area (Å²) in [6, 6.07) is 6.28. The summed E-state index contributed by atoms with van der Waals surface area (Å²) in [5.41, 5.74) is -0.0187. The Morgan fingerprint density at radius 3 is 2.45 bits per heavy atom. The van der Waals surface area contributed by atoms with Crippen LogP contribution >= 0.6 is 0 Å². The second-order valence-corrected chi connectivity index (χ2v) is 7.10. The van der Waals surface area contributed by atoms with Gasteiger partial charge in [0.05, 0.1) is 13.2 Å². The van der Waals surface area contributed by atoms with Crippen LogP contribution in [0.1, 0.15) is 57.4 Å². The van der Waals surface area contributed by atoms with Crippen LogP contribution in [0.15, 0.2) is 40.5 Å². The van der Waals surface area contributed by atoms with Crippen molar-refractivity contribution in [3.8, 4) is 5.75 Å². The van der Waals surface area contributed by atoms with Gasteiger partial charge in [-0.05, 0) is 32.8 Å². The molecule has 0 aromatic heterocycles. The molecule has 1 saturated carbocycles. The van der Waals surface area contributed by atoms with Gasteiger partial charge in [0, 0.05) is 11.6 Å². The average Bonchev–Trinajstić information content (AvgIpc) is 2.89. The summed E-state index contributed by atoms with van der Waals surface area (Å²) < 4.78 is 16.4. The summed E-state index contributed by atoms with van der Waals surface area (Å²) in [4.78, 5) is 38.3. The van der Waals surface area contributed by atoms with Crippen LogP contribution in [0, 0.1) is 0 Å². The van der Waals surface area contributed by atoms with Gasteiger partial charge in [-0.1, -0.05) is 37.5 Å². The lowest BCUT2D eigenvalue weighted by atomic mass is 9.88. The third-order valence-corrected chi connectivity index (χ3v) is 5.13. The van der Waals surface area contributed by atoms with Gasteiger partial charge in [0.1, 0.15) is 11.5 Å². The van der Waals surface area contributed by atoms with Crippen molar-refractivity contribution in [1.82, 2.24) is 5.32 Å². The van der Waals surface area contributed by atoms with E-state index in [-0.39, 0.29) is 41.9 Å². The summed E-state index contributed by atoms with van der Waals surface area (Å²) in [5, 5.41) is 3.26. The summed E-state index contributed by atoms with van der Waals surface area (Å²) in [5.74, 6) is -2.23. The first-order valence-corrected chi connectivity index (χ1v) is 10.2. The number of carbonyl (C=O) groups excluding carboxylic acids is 2. The fraction of sp³-hybridized carbons (Fsp3) is 0.500. The van der Waals surface area contributed by atoms with Crippen LogP contribution in [-0.4, -0.2) is 31.2 Å². The van der Waals surface area contributed by atoms with Gasteiger partial charge in [-0.25, -0.2) is 4.79 Å². The van der Waals surface area contributed by atoms with Gasteiger partial charge in [-0.3, -0.25) is 9.59 Å². The Balaban J connectivity index is 2.14. The largest absolute Gasteiger partial charge is 0.465 e. The van der Waals surface area contributed by atoms with E-state index in [0.717, 1.165) is 32.1 Å². The zero-order valence-corrected chi connectivity index (χ0v) is 16.9. The summed E-state index contributed by atoms with van der Waals surface area (Å²) in [7, 11) is 0. The second-order valence-electron chi connectivity index (χ2n) is 7.10. The van der Waals surface area contributed by atoms with E-state index in [0.29, 0.717) is 5.56 Å². The number of hydrogen-bond acceptors (Lipinski definition) is 7. The van der Waals surface area contributed by atoms with E-state index >= 15 is 0 Å². The van der Waals surface area contributed by atoms with Gasteiger partial charge in [-0.2, -0.15) is 0 Å². The molecule has 1 aliphatic carbocycles. The molecule has 0 saturated heterocycles. The number of hydrogen-bond donors (Lipinski definition) is 1. The quantitative estimate of drug-likeness (QED) is 0.733. The van der Waals surface area contributed by atoms with Crippen molar-refractivity contribution in [2.45, 2.75) is 57.9 Å². The van der Waals surface area contributed by atoms with Crippen molar-refractivity contribution < 1.29 is 23.8 Å². The van der Waals surface area contributed by atoms with Crippen LogP contribution in [-0.2, 0) is 19.1 Å². The maximum Gasteiger partial charge on any atom is 0.340 e. The molecule has 7 heteroatoms. The van der Waals surface area contributed by atoms with Crippen molar-refractivity contribution in [2.75, 3.05) is 13.2 Å². The number of ether oxygens (including phenoxy) is 3. The van der Waals surface area contributed by atoms with Crippen LogP contribution in [0.5, 0.6) is 5.75 Å². The molecule has 7 nitrogen and oxygen atoms in total.